The van der Waals surface area contributed by atoms with Gasteiger partial charge in [-0.3, -0.25) is 14.6 Å². The van der Waals surface area contributed by atoms with E-state index in [1.165, 1.54) is 17.1 Å². The summed E-state index contributed by atoms with van der Waals surface area (Å²) in [6.07, 6.45) is 2.94. The van der Waals surface area contributed by atoms with E-state index >= 15 is 0 Å². The van der Waals surface area contributed by atoms with Gasteiger partial charge in [0.05, 0.1) is 12.2 Å². The van der Waals surface area contributed by atoms with Crippen molar-refractivity contribution in [3.63, 3.8) is 0 Å². The average molecular weight is 378 g/mol. The fourth-order valence-electron chi connectivity index (χ4n) is 3.38. The van der Waals surface area contributed by atoms with Crippen LogP contribution in [0.3, 0.4) is 0 Å². The first-order valence-electron chi connectivity index (χ1n) is 8.78. The molecule has 8 heteroatoms. The molecule has 2 aromatic heterocycles. The lowest BCUT2D eigenvalue weighted by Crippen LogP contribution is -2.47. The van der Waals surface area contributed by atoms with E-state index in [1.807, 2.05) is 18.0 Å². The molecule has 4 heterocycles. The molecule has 2 aliphatic heterocycles. The van der Waals surface area contributed by atoms with Crippen molar-refractivity contribution in [3.05, 3.63) is 44.8 Å². The Morgan fingerprint density at radius 3 is 2.76 bits per heavy atom. The van der Waals surface area contributed by atoms with Crippen LogP contribution in [0.15, 0.2) is 22.4 Å². The van der Waals surface area contributed by atoms with Crippen LogP contribution in [0.5, 0.6) is 0 Å². The molecular formula is C17H23N5OS2. The zero-order valence-electron chi connectivity index (χ0n) is 14.3. The summed E-state index contributed by atoms with van der Waals surface area (Å²) in [4.78, 5) is 17.2. The zero-order valence-corrected chi connectivity index (χ0v) is 15.9. The Labute approximate surface area is 156 Å². The van der Waals surface area contributed by atoms with Gasteiger partial charge >= 0.3 is 0 Å². The van der Waals surface area contributed by atoms with Crippen LogP contribution in [-0.4, -0.2) is 62.4 Å². The molecule has 2 aliphatic rings. The first-order valence-corrected chi connectivity index (χ1v) is 10.8. The van der Waals surface area contributed by atoms with Gasteiger partial charge in [-0.15, -0.1) is 0 Å². The van der Waals surface area contributed by atoms with Gasteiger partial charge in [0.2, 0.25) is 0 Å². The highest BCUT2D eigenvalue weighted by Gasteiger charge is 2.18. The summed E-state index contributed by atoms with van der Waals surface area (Å²) in [5.74, 6) is 2.04. The number of rotatable bonds is 5. The molecule has 6 nitrogen and oxygen atoms in total. The first kappa shape index (κ1) is 17.2. The maximum atomic E-state index is 12.3. The smallest absolute Gasteiger partial charge is 0.267 e. The van der Waals surface area contributed by atoms with Gasteiger partial charge in [0.15, 0.2) is 0 Å². The Hall–Kier alpha value is -1.22. The van der Waals surface area contributed by atoms with Gasteiger partial charge in [-0.25, -0.2) is 9.06 Å². The lowest BCUT2D eigenvalue weighted by molar-refractivity contribution is 0.122. The van der Waals surface area contributed by atoms with Crippen molar-refractivity contribution in [2.24, 2.45) is 0 Å². The highest BCUT2D eigenvalue weighted by molar-refractivity contribution is 7.98. The zero-order chi connectivity index (χ0) is 17.1. The predicted molar refractivity (Wildman–Crippen MR) is 102 cm³/mol. The van der Waals surface area contributed by atoms with Gasteiger partial charge in [0.25, 0.3) is 5.56 Å². The van der Waals surface area contributed by atoms with E-state index < -0.39 is 0 Å². The van der Waals surface area contributed by atoms with Gasteiger partial charge in [0, 0.05) is 69.1 Å². The summed E-state index contributed by atoms with van der Waals surface area (Å²) in [7, 11) is 0. The van der Waals surface area contributed by atoms with Crippen LogP contribution in [0.25, 0.3) is 0 Å². The summed E-state index contributed by atoms with van der Waals surface area (Å²) < 4.78 is 5.83. The number of thioether (sulfide) groups is 1. The molecule has 2 aromatic rings. The normalized spacial score (nSPS) is 19.0. The molecule has 0 bridgehead atoms. The number of aromatic nitrogens is 3. The number of hydrogen-bond acceptors (Lipinski definition) is 7. The second-order valence-electron chi connectivity index (χ2n) is 6.63. The number of nitrogens with zero attached hydrogens (tertiary/aromatic N) is 5. The van der Waals surface area contributed by atoms with Crippen LogP contribution in [0.1, 0.15) is 16.8 Å². The highest BCUT2D eigenvalue weighted by atomic mass is 32.2. The lowest BCUT2D eigenvalue weighted by Gasteiger charge is -2.34. The van der Waals surface area contributed by atoms with Crippen LogP contribution in [0, 0.1) is 0 Å². The number of aryl methyl sites for hydroxylation is 1. The predicted octanol–water partition coefficient (Wildman–Crippen LogP) is 1.31. The third kappa shape index (κ3) is 4.31. The Morgan fingerprint density at radius 1 is 1.12 bits per heavy atom. The van der Waals surface area contributed by atoms with Crippen LogP contribution in [-0.2, 0) is 25.3 Å². The van der Waals surface area contributed by atoms with Gasteiger partial charge in [-0.1, -0.05) is 0 Å². The third-order valence-electron chi connectivity index (χ3n) is 4.89. The molecule has 0 saturated carbocycles. The lowest BCUT2D eigenvalue weighted by atomic mass is 10.2. The third-order valence-corrected chi connectivity index (χ3v) is 6.53. The van der Waals surface area contributed by atoms with Gasteiger partial charge < -0.3 is 0 Å². The number of piperazine rings is 1. The van der Waals surface area contributed by atoms with Crippen molar-refractivity contribution in [2.45, 2.75) is 25.3 Å². The van der Waals surface area contributed by atoms with E-state index in [4.69, 9.17) is 0 Å². The molecule has 0 spiro atoms. The Morgan fingerprint density at radius 2 is 1.96 bits per heavy atom. The molecule has 1 saturated heterocycles. The van der Waals surface area contributed by atoms with Crippen LogP contribution in [0.4, 0.5) is 0 Å². The molecular weight excluding hydrogens is 354 g/mol. The molecule has 0 amide bonds. The molecule has 134 valence electrons. The molecule has 0 unspecified atom stereocenters. The number of hydrogen-bond donors (Lipinski definition) is 0. The minimum atomic E-state index is 0.0462. The molecule has 25 heavy (non-hydrogen) atoms. The molecule has 4 rings (SSSR count). The highest BCUT2D eigenvalue weighted by Crippen LogP contribution is 2.21. The molecule has 0 radical (unpaired) electrons. The molecule has 0 aliphatic carbocycles. The summed E-state index contributed by atoms with van der Waals surface area (Å²) >= 11 is 3.40. The molecule has 0 atom stereocenters. The van der Waals surface area contributed by atoms with E-state index in [2.05, 4.69) is 24.7 Å². The Bertz CT molecular complexity index is 753. The van der Waals surface area contributed by atoms with Gasteiger partial charge in [0.1, 0.15) is 0 Å². The summed E-state index contributed by atoms with van der Waals surface area (Å²) in [5.41, 5.74) is 3.60. The average Bonchev–Trinajstić information content (AvgIpc) is 3.14. The maximum absolute atomic E-state index is 12.3. The van der Waals surface area contributed by atoms with Gasteiger partial charge in [-0.2, -0.15) is 16.9 Å². The van der Waals surface area contributed by atoms with E-state index in [-0.39, 0.29) is 5.56 Å². The van der Waals surface area contributed by atoms with E-state index in [9.17, 15) is 4.79 Å². The minimum Gasteiger partial charge on any atom is -0.299 e. The SMILES string of the molecule is O=c1cc2c(nn1CCN1CCN(Cc3cnsc3)CC1)CCSC2. The van der Waals surface area contributed by atoms with Crippen molar-refractivity contribution in [3.8, 4) is 0 Å². The number of fused-ring (bicyclic) bond motifs is 1. The standard InChI is InChI=1S/C17H23N5OS2/c23-17-9-15-13-24-8-1-16(15)19-22(17)7-6-20-2-4-21(5-3-20)11-14-10-18-25-12-14/h9-10,12H,1-8,11,13H2. The monoisotopic (exact) mass is 377 g/mol. The van der Waals surface area contributed by atoms with Crippen LogP contribution < -0.4 is 5.56 Å². The van der Waals surface area contributed by atoms with Crippen molar-refractivity contribution < 1.29 is 0 Å². The van der Waals surface area contributed by atoms with Crippen molar-refractivity contribution >= 4 is 23.3 Å². The van der Waals surface area contributed by atoms with Crippen LogP contribution in [0.2, 0.25) is 0 Å². The largest absolute Gasteiger partial charge is 0.299 e. The fourth-order valence-corrected chi connectivity index (χ4v) is 4.86. The Kier molecular flexibility index (Phi) is 5.50. The van der Waals surface area contributed by atoms with E-state index in [0.717, 1.165) is 68.5 Å². The second-order valence-corrected chi connectivity index (χ2v) is 8.39. The molecule has 1 fully saturated rings. The summed E-state index contributed by atoms with van der Waals surface area (Å²) in [6.45, 7) is 6.82. The first-order chi connectivity index (χ1) is 12.3. The van der Waals surface area contributed by atoms with E-state index in [0.29, 0.717) is 6.54 Å². The summed E-state index contributed by atoms with van der Waals surface area (Å²) in [5, 5.41) is 6.73. The van der Waals surface area contributed by atoms with Crippen LogP contribution >= 0.6 is 23.3 Å². The minimum absolute atomic E-state index is 0.0462. The van der Waals surface area contributed by atoms with Crippen molar-refractivity contribution in [1.82, 2.24) is 24.0 Å². The Balaban J connectivity index is 1.29. The molecule has 0 aromatic carbocycles. The molecule has 0 N–H and O–H groups in total. The fraction of sp³-hybridized carbons (Fsp3) is 0.588. The summed E-state index contributed by atoms with van der Waals surface area (Å²) in [6, 6.07) is 1.79. The maximum Gasteiger partial charge on any atom is 0.267 e. The second kappa shape index (κ2) is 7.99. The topological polar surface area (TPSA) is 54.3 Å². The van der Waals surface area contributed by atoms with Crippen molar-refractivity contribution in [2.75, 3.05) is 38.5 Å². The van der Waals surface area contributed by atoms with E-state index in [1.54, 1.807) is 10.7 Å². The van der Waals surface area contributed by atoms with Crippen molar-refractivity contribution in [1.29, 1.82) is 0 Å². The quantitative estimate of drug-likeness (QED) is 0.783. The van der Waals surface area contributed by atoms with Gasteiger partial charge in [-0.05, 0) is 28.4 Å².